The van der Waals surface area contributed by atoms with Crippen LogP contribution in [0.1, 0.15) is 37.0 Å². The van der Waals surface area contributed by atoms with E-state index in [0.29, 0.717) is 11.7 Å². The summed E-state index contributed by atoms with van der Waals surface area (Å²) in [6, 6.07) is 11.0. The van der Waals surface area contributed by atoms with Crippen molar-refractivity contribution in [2.24, 2.45) is 0 Å². The molecule has 1 aromatic carbocycles. The molecule has 2 heterocycles. The molecule has 0 spiro atoms. The molecule has 6 heteroatoms. The van der Waals surface area contributed by atoms with Crippen molar-refractivity contribution >= 4 is 0 Å². The van der Waals surface area contributed by atoms with Crippen LogP contribution in [0.2, 0.25) is 0 Å². The lowest BCUT2D eigenvalue weighted by Gasteiger charge is -2.11. The summed E-state index contributed by atoms with van der Waals surface area (Å²) < 4.78 is 11.3. The van der Waals surface area contributed by atoms with E-state index >= 15 is 0 Å². The normalized spacial score (nSPS) is 12.7. The van der Waals surface area contributed by atoms with Crippen molar-refractivity contribution in [3.05, 3.63) is 64.3 Å². The maximum Gasteiger partial charge on any atom is 0.437 e. The van der Waals surface area contributed by atoms with Gasteiger partial charge in [-0.15, -0.1) is 5.10 Å². The third kappa shape index (κ3) is 3.27. The lowest BCUT2D eigenvalue weighted by molar-refractivity contribution is 0.148. The molecular formula is C17H18N2O4. The van der Waals surface area contributed by atoms with E-state index in [9.17, 15) is 9.90 Å². The lowest BCUT2D eigenvalue weighted by Crippen LogP contribution is -2.20. The molecule has 120 valence electrons. The Morgan fingerprint density at radius 3 is 2.48 bits per heavy atom. The van der Waals surface area contributed by atoms with Gasteiger partial charge in [-0.05, 0) is 29.2 Å². The fourth-order valence-corrected chi connectivity index (χ4v) is 2.29. The van der Waals surface area contributed by atoms with Crippen LogP contribution in [0.3, 0.4) is 0 Å². The molecule has 6 nitrogen and oxygen atoms in total. The van der Waals surface area contributed by atoms with Crippen molar-refractivity contribution in [3.8, 4) is 11.7 Å². The van der Waals surface area contributed by atoms with Crippen LogP contribution in [0.25, 0.3) is 11.7 Å². The minimum Gasteiger partial charge on any atom is -0.459 e. The van der Waals surface area contributed by atoms with Crippen LogP contribution in [0.15, 0.2) is 56.3 Å². The second-order valence-electron chi connectivity index (χ2n) is 5.67. The minimum absolute atomic E-state index is 0.0179. The standard InChI is InChI=1S/C17H18N2O4/c1-11(2)12-5-7-13(8-6-12)14(20)10-19-17(21)23-16(18-19)15-4-3-9-22-15/h3-9,11,14,20H,10H2,1-2H3. The maximum absolute atomic E-state index is 11.8. The Balaban J connectivity index is 1.77. The van der Waals surface area contributed by atoms with Crippen LogP contribution in [-0.4, -0.2) is 14.9 Å². The number of hydrogen-bond donors (Lipinski definition) is 1. The Hall–Kier alpha value is -2.60. The largest absolute Gasteiger partial charge is 0.459 e. The maximum atomic E-state index is 11.8. The van der Waals surface area contributed by atoms with Gasteiger partial charge in [-0.1, -0.05) is 38.1 Å². The summed E-state index contributed by atoms with van der Waals surface area (Å²) in [7, 11) is 0. The van der Waals surface area contributed by atoms with E-state index in [0.717, 1.165) is 10.2 Å². The van der Waals surface area contributed by atoms with Gasteiger partial charge in [-0.3, -0.25) is 0 Å². The summed E-state index contributed by atoms with van der Waals surface area (Å²) in [6.07, 6.45) is 0.628. The summed E-state index contributed by atoms with van der Waals surface area (Å²) in [5.41, 5.74) is 1.92. The summed E-state index contributed by atoms with van der Waals surface area (Å²) in [5, 5.41) is 14.4. The van der Waals surface area contributed by atoms with Crippen molar-refractivity contribution < 1.29 is 13.9 Å². The zero-order valence-corrected chi connectivity index (χ0v) is 13.0. The third-order valence-electron chi connectivity index (χ3n) is 3.67. The van der Waals surface area contributed by atoms with Crippen LogP contribution in [0.5, 0.6) is 0 Å². The first kappa shape index (κ1) is 15.3. The highest BCUT2D eigenvalue weighted by atomic mass is 16.4. The number of rotatable bonds is 5. The average molecular weight is 314 g/mol. The molecule has 2 aromatic heterocycles. The molecule has 23 heavy (non-hydrogen) atoms. The van der Waals surface area contributed by atoms with E-state index in [1.54, 1.807) is 12.1 Å². The summed E-state index contributed by atoms with van der Waals surface area (Å²) in [5.74, 6) is 0.267. The van der Waals surface area contributed by atoms with Crippen LogP contribution in [0, 0.1) is 0 Å². The molecule has 0 saturated heterocycles. The van der Waals surface area contributed by atoms with Crippen LogP contribution in [-0.2, 0) is 6.54 Å². The molecule has 0 radical (unpaired) electrons. The molecule has 1 unspecified atom stereocenters. The van der Waals surface area contributed by atoms with E-state index in [4.69, 9.17) is 8.83 Å². The molecule has 0 aliphatic rings. The molecule has 3 aromatic rings. The van der Waals surface area contributed by atoms with Gasteiger partial charge in [0.25, 0.3) is 5.89 Å². The van der Waals surface area contributed by atoms with Gasteiger partial charge < -0.3 is 13.9 Å². The lowest BCUT2D eigenvalue weighted by atomic mass is 10.00. The Labute approximate surface area is 133 Å². The number of aromatic nitrogens is 2. The van der Waals surface area contributed by atoms with E-state index in [2.05, 4.69) is 18.9 Å². The fourth-order valence-electron chi connectivity index (χ4n) is 2.29. The number of aliphatic hydroxyl groups excluding tert-OH is 1. The highest BCUT2D eigenvalue weighted by Gasteiger charge is 2.16. The molecule has 0 fully saturated rings. The average Bonchev–Trinajstić information content (AvgIpc) is 3.18. The van der Waals surface area contributed by atoms with Gasteiger partial charge in [0.05, 0.1) is 18.9 Å². The topological polar surface area (TPSA) is 81.4 Å². The number of furan rings is 1. The van der Waals surface area contributed by atoms with Gasteiger partial charge in [0.2, 0.25) is 0 Å². The molecular weight excluding hydrogens is 296 g/mol. The number of hydrogen-bond acceptors (Lipinski definition) is 5. The molecule has 0 amide bonds. The summed E-state index contributed by atoms with van der Waals surface area (Å²) in [4.78, 5) is 11.8. The zero-order valence-electron chi connectivity index (χ0n) is 13.0. The van der Waals surface area contributed by atoms with Crippen LogP contribution in [0.4, 0.5) is 0 Å². The Morgan fingerprint density at radius 2 is 1.87 bits per heavy atom. The molecule has 0 aliphatic heterocycles. The number of benzene rings is 1. The predicted molar refractivity (Wildman–Crippen MR) is 84.0 cm³/mol. The molecule has 0 saturated carbocycles. The first-order chi connectivity index (χ1) is 11.0. The first-order valence-corrected chi connectivity index (χ1v) is 7.44. The second-order valence-corrected chi connectivity index (χ2v) is 5.67. The SMILES string of the molecule is CC(C)c1ccc(C(O)Cn2nc(-c3ccco3)oc2=O)cc1. The van der Waals surface area contributed by atoms with Crippen molar-refractivity contribution in [3.63, 3.8) is 0 Å². The first-order valence-electron chi connectivity index (χ1n) is 7.44. The van der Waals surface area contributed by atoms with Gasteiger partial charge in [0.1, 0.15) is 0 Å². The molecule has 3 rings (SSSR count). The van der Waals surface area contributed by atoms with Crippen molar-refractivity contribution in [1.29, 1.82) is 0 Å². The Bertz CT molecular complexity index is 813. The molecule has 1 N–H and O–H groups in total. The second kappa shape index (κ2) is 6.26. The van der Waals surface area contributed by atoms with E-state index < -0.39 is 11.9 Å². The van der Waals surface area contributed by atoms with Crippen LogP contribution >= 0.6 is 0 Å². The van der Waals surface area contributed by atoms with E-state index in [-0.39, 0.29) is 12.4 Å². The zero-order chi connectivity index (χ0) is 16.4. The minimum atomic E-state index is -0.844. The molecule has 1 atom stereocenters. The van der Waals surface area contributed by atoms with Gasteiger partial charge in [-0.25, -0.2) is 4.79 Å². The fraction of sp³-hybridized carbons (Fsp3) is 0.294. The van der Waals surface area contributed by atoms with E-state index in [1.165, 1.54) is 11.8 Å². The number of nitrogens with zero attached hydrogens (tertiary/aromatic N) is 2. The van der Waals surface area contributed by atoms with Gasteiger partial charge in [0, 0.05) is 0 Å². The Morgan fingerprint density at radius 1 is 1.17 bits per heavy atom. The smallest absolute Gasteiger partial charge is 0.437 e. The Kier molecular flexibility index (Phi) is 4.16. The molecule has 0 aliphatic carbocycles. The van der Waals surface area contributed by atoms with Gasteiger partial charge in [-0.2, -0.15) is 4.68 Å². The predicted octanol–water partition coefficient (Wildman–Crippen LogP) is 2.95. The van der Waals surface area contributed by atoms with E-state index in [1.807, 2.05) is 24.3 Å². The highest BCUT2D eigenvalue weighted by Crippen LogP contribution is 2.20. The monoisotopic (exact) mass is 314 g/mol. The van der Waals surface area contributed by atoms with Crippen molar-refractivity contribution in [2.45, 2.75) is 32.4 Å². The summed E-state index contributed by atoms with van der Waals surface area (Å²) in [6.45, 7) is 4.23. The highest BCUT2D eigenvalue weighted by molar-refractivity contribution is 5.42. The van der Waals surface area contributed by atoms with Crippen molar-refractivity contribution in [1.82, 2.24) is 9.78 Å². The third-order valence-corrected chi connectivity index (χ3v) is 3.67. The van der Waals surface area contributed by atoms with Gasteiger partial charge in [0.15, 0.2) is 5.76 Å². The summed E-state index contributed by atoms with van der Waals surface area (Å²) >= 11 is 0. The van der Waals surface area contributed by atoms with Crippen LogP contribution < -0.4 is 5.76 Å². The van der Waals surface area contributed by atoms with Gasteiger partial charge >= 0.3 is 5.76 Å². The molecule has 0 bridgehead atoms. The van der Waals surface area contributed by atoms with Crippen molar-refractivity contribution in [2.75, 3.05) is 0 Å². The quantitative estimate of drug-likeness (QED) is 0.783. The number of aliphatic hydroxyl groups is 1.